The van der Waals surface area contributed by atoms with Crippen LogP contribution in [0.3, 0.4) is 0 Å². The van der Waals surface area contributed by atoms with E-state index in [9.17, 15) is 9.59 Å². The van der Waals surface area contributed by atoms with Gasteiger partial charge < -0.3 is 18.8 Å². The van der Waals surface area contributed by atoms with Crippen molar-refractivity contribution in [3.8, 4) is 11.5 Å². The lowest BCUT2D eigenvalue weighted by Crippen LogP contribution is -2.31. The zero-order valence-corrected chi connectivity index (χ0v) is 19.3. The molecule has 1 aliphatic rings. The standard InChI is InChI=1S/C28H26N2O5/c31-27(13-7-17-30-23-11-4-5-12-24(23)35-28(30)32)29(16-6-10-21-8-2-1-3-9-21)22-14-15-25-26(20-22)34-19-18-33-25/h1-6,8-12,14-15,20H,7,13,16-19H2. The Balaban J connectivity index is 1.32. The lowest BCUT2D eigenvalue weighted by atomic mass is 10.2. The summed E-state index contributed by atoms with van der Waals surface area (Å²) in [5.41, 5.74) is 3.09. The number of carbonyl (C=O) groups excluding carboxylic acids is 1. The van der Waals surface area contributed by atoms with Gasteiger partial charge >= 0.3 is 5.76 Å². The lowest BCUT2D eigenvalue weighted by molar-refractivity contribution is -0.118. The summed E-state index contributed by atoms with van der Waals surface area (Å²) in [5, 5.41) is 0. The highest BCUT2D eigenvalue weighted by molar-refractivity contribution is 5.94. The smallest absolute Gasteiger partial charge is 0.419 e. The van der Waals surface area contributed by atoms with Crippen molar-refractivity contribution in [2.24, 2.45) is 0 Å². The number of carbonyl (C=O) groups is 1. The van der Waals surface area contributed by atoms with Crippen molar-refractivity contribution in [3.63, 3.8) is 0 Å². The van der Waals surface area contributed by atoms with E-state index >= 15 is 0 Å². The van der Waals surface area contributed by atoms with Gasteiger partial charge in [0.1, 0.15) is 13.2 Å². The van der Waals surface area contributed by atoms with Crippen molar-refractivity contribution in [1.82, 2.24) is 4.57 Å². The maximum Gasteiger partial charge on any atom is 0.419 e. The molecule has 0 spiro atoms. The van der Waals surface area contributed by atoms with Gasteiger partial charge in [-0.05, 0) is 36.2 Å². The molecule has 7 nitrogen and oxygen atoms in total. The fourth-order valence-electron chi connectivity index (χ4n) is 4.16. The van der Waals surface area contributed by atoms with Gasteiger partial charge in [-0.25, -0.2) is 4.79 Å². The first kappa shape index (κ1) is 22.5. The second-order valence-corrected chi connectivity index (χ2v) is 8.24. The summed E-state index contributed by atoms with van der Waals surface area (Å²) in [5.74, 6) is 0.863. The highest BCUT2D eigenvalue weighted by atomic mass is 16.6. The van der Waals surface area contributed by atoms with Gasteiger partial charge in [0.15, 0.2) is 17.1 Å². The molecule has 0 N–H and O–H groups in total. The van der Waals surface area contributed by atoms with Crippen molar-refractivity contribution < 1.29 is 18.7 Å². The predicted octanol–water partition coefficient (Wildman–Crippen LogP) is 4.89. The van der Waals surface area contributed by atoms with E-state index in [1.54, 1.807) is 15.5 Å². The molecule has 178 valence electrons. The quantitative estimate of drug-likeness (QED) is 0.367. The first-order valence-electron chi connectivity index (χ1n) is 11.7. The molecule has 0 saturated carbocycles. The number of hydrogen-bond acceptors (Lipinski definition) is 5. The van der Waals surface area contributed by atoms with Gasteiger partial charge in [0, 0.05) is 31.3 Å². The van der Waals surface area contributed by atoms with Crippen LogP contribution in [0.15, 0.2) is 88.1 Å². The van der Waals surface area contributed by atoms with E-state index in [1.165, 1.54) is 0 Å². The van der Waals surface area contributed by atoms with Crippen molar-refractivity contribution in [3.05, 3.63) is 95.0 Å². The van der Waals surface area contributed by atoms with Crippen molar-refractivity contribution in [2.75, 3.05) is 24.7 Å². The monoisotopic (exact) mass is 470 g/mol. The molecule has 0 fully saturated rings. The average Bonchev–Trinajstić information content (AvgIpc) is 3.22. The number of para-hydroxylation sites is 2. The fourth-order valence-corrected chi connectivity index (χ4v) is 4.16. The number of aryl methyl sites for hydroxylation is 1. The molecule has 3 aromatic carbocycles. The number of ether oxygens (including phenoxy) is 2. The van der Waals surface area contributed by atoms with Gasteiger partial charge in [-0.1, -0.05) is 54.6 Å². The Morgan fingerprint density at radius 2 is 1.71 bits per heavy atom. The molecule has 0 radical (unpaired) electrons. The summed E-state index contributed by atoms with van der Waals surface area (Å²) < 4.78 is 18.2. The number of benzene rings is 3. The molecular weight excluding hydrogens is 444 g/mol. The molecule has 0 saturated heterocycles. The van der Waals surface area contributed by atoms with Crippen LogP contribution in [0.4, 0.5) is 5.69 Å². The van der Waals surface area contributed by atoms with Gasteiger partial charge in [0.2, 0.25) is 5.91 Å². The second kappa shape index (κ2) is 10.3. The van der Waals surface area contributed by atoms with Gasteiger partial charge in [0.25, 0.3) is 0 Å². The molecular formula is C28H26N2O5. The number of amides is 1. The normalized spacial score (nSPS) is 12.8. The number of hydrogen-bond donors (Lipinski definition) is 0. The predicted molar refractivity (Wildman–Crippen MR) is 135 cm³/mol. The number of fused-ring (bicyclic) bond motifs is 2. The minimum absolute atomic E-state index is 0.0414. The molecule has 4 aromatic rings. The summed E-state index contributed by atoms with van der Waals surface area (Å²) in [7, 11) is 0. The summed E-state index contributed by atoms with van der Waals surface area (Å²) in [6.07, 6.45) is 4.75. The van der Waals surface area contributed by atoms with E-state index in [2.05, 4.69) is 0 Å². The lowest BCUT2D eigenvalue weighted by Gasteiger charge is -2.24. The first-order chi connectivity index (χ1) is 17.2. The molecule has 2 heterocycles. The third kappa shape index (κ3) is 5.14. The van der Waals surface area contributed by atoms with Crippen LogP contribution in [0.25, 0.3) is 17.2 Å². The maximum absolute atomic E-state index is 13.3. The first-order valence-corrected chi connectivity index (χ1v) is 11.7. The van der Waals surface area contributed by atoms with Crippen molar-refractivity contribution >= 4 is 28.8 Å². The summed E-state index contributed by atoms with van der Waals surface area (Å²) in [6, 6.07) is 22.8. The molecule has 0 atom stereocenters. The highest BCUT2D eigenvalue weighted by Gasteiger charge is 2.19. The molecule has 0 unspecified atom stereocenters. The van der Waals surface area contributed by atoms with Crippen LogP contribution < -0.4 is 20.1 Å². The van der Waals surface area contributed by atoms with Crippen LogP contribution in [0.1, 0.15) is 18.4 Å². The summed E-state index contributed by atoms with van der Waals surface area (Å²) >= 11 is 0. The number of rotatable bonds is 8. The summed E-state index contributed by atoms with van der Waals surface area (Å²) in [6.45, 7) is 1.79. The molecule has 0 aliphatic carbocycles. The average molecular weight is 471 g/mol. The fraction of sp³-hybridized carbons (Fsp3) is 0.214. The number of anilines is 1. The Morgan fingerprint density at radius 1 is 0.943 bits per heavy atom. The van der Waals surface area contributed by atoms with E-state index in [0.717, 1.165) is 16.8 Å². The van der Waals surface area contributed by atoms with Crippen LogP contribution in [-0.4, -0.2) is 30.2 Å². The van der Waals surface area contributed by atoms with E-state index in [1.807, 2.05) is 78.9 Å². The Labute approximate surface area is 202 Å². The number of aromatic nitrogens is 1. The Kier molecular flexibility index (Phi) is 6.66. The Morgan fingerprint density at radius 3 is 2.57 bits per heavy atom. The van der Waals surface area contributed by atoms with E-state index in [4.69, 9.17) is 13.9 Å². The van der Waals surface area contributed by atoms with E-state index < -0.39 is 5.76 Å². The number of nitrogens with zero attached hydrogens (tertiary/aromatic N) is 2. The zero-order valence-electron chi connectivity index (χ0n) is 19.3. The SMILES string of the molecule is O=C(CCCn1c(=O)oc2ccccc21)N(CC=Cc1ccccc1)c1ccc2c(c1)OCCO2. The minimum atomic E-state index is -0.409. The molecule has 1 aliphatic heterocycles. The van der Waals surface area contributed by atoms with Crippen LogP contribution in [0, 0.1) is 0 Å². The molecule has 35 heavy (non-hydrogen) atoms. The molecule has 1 amide bonds. The van der Waals surface area contributed by atoms with Crippen molar-refractivity contribution in [2.45, 2.75) is 19.4 Å². The topological polar surface area (TPSA) is 73.9 Å². The Bertz CT molecular complexity index is 1400. The van der Waals surface area contributed by atoms with Crippen LogP contribution in [-0.2, 0) is 11.3 Å². The maximum atomic E-state index is 13.3. The second-order valence-electron chi connectivity index (χ2n) is 8.24. The van der Waals surface area contributed by atoms with Gasteiger partial charge in [-0.2, -0.15) is 0 Å². The van der Waals surface area contributed by atoms with E-state index in [-0.39, 0.29) is 12.3 Å². The number of oxazole rings is 1. The Hall–Kier alpha value is -4.26. The molecule has 0 bridgehead atoms. The third-order valence-corrected chi connectivity index (χ3v) is 5.88. The molecule has 7 heteroatoms. The van der Waals surface area contributed by atoms with Gasteiger partial charge in [-0.15, -0.1) is 0 Å². The summed E-state index contributed by atoms with van der Waals surface area (Å²) in [4.78, 5) is 27.3. The largest absolute Gasteiger partial charge is 0.486 e. The van der Waals surface area contributed by atoms with Crippen LogP contribution in [0.2, 0.25) is 0 Å². The molecule has 1 aromatic heterocycles. The van der Waals surface area contributed by atoms with Gasteiger partial charge in [-0.3, -0.25) is 9.36 Å². The van der Waals surface area contributed by atoms with Crippen LogP contribution >= 0.6 is 0 Å². The highest BCUT2D eigenvalue weighted by Crippen LogP contribution is 2.34. The third-order valence-electron chi connectivity index (χ3n) is 5.88. The van der Waals surface area contributed by atoms with Gasteiger partial charge in [0.05, 0.1) is 5.52 Å². The minimum Gasteiger partial charge on any atom is -0.486 e. The molecule has 5 rings (SSSR count). The zero-order chi connectivity index (χ0) is 24.0. The van der Waals surface area contributed by atoms with E-state index in [0.29, 0.717) is 49.8 Å². The van der Waals surface area contributed by atoms with Crippen LogP contribution in [0.5, 0.6) is 11.5 Å². The van der Waals surface area contributed by atoms with Crippen molar-refractivity contribution in [1.29, 1.82) is 0 Å².